The van der Waals surface area contributed by atoms with Gasteiger partial charge in [0.1, 0.15) is 5.75 Å². The lowest BCUT2D eigenvalue weighted by Crippen LogP contribution is -2.00. The number of aliphatic hydroxyl groups excluding tert-OH is 1. The Balaban J connectivity index is 2.03. The average Bonchev–Trinajstić information content (AvgIpc) is 2.85. The van der Waals surface area contributed by atoms with E-state index in [1.165, 1.54) is 0 Å². The number of aliphatic hydroxyl groups is 1. The minimum absolute atomic E-state index is 0.276. The number of aryl methyl sites for hydroxylation is 2. The summed E-state index contributed by atoms with van der Waals surface area (Å²) in [7, 11) is 0. The van der Waals surface area contributed by atoms with Crippen LogP contribution in [0.3, 0.4) is 0 Å². The highest BCUT2D eigenvalue weighted by Gasteiger charge is 2.08. The van der Waals surface area contributed by atoms with Gasteiger partial charge in [-0.05, 0) is 37.1 Å². The van der Waals surface area contributed by atoms with Crippen molar-refractivity contribution in [1.29, 1.82) is 0 Å². The molecule has 0 saturated carbocycles. The number of ether oxygens (including phenoxy) is 1. The van der Waals surface area contributed by atoms with Gasteiger partial charge in [0, 0.05) is 6.42 Å². The van der Waals surface area contributed by atoms with Crippen LogP contribution in [0.5, 0.6) is 5.75 Å². The van der Waals surface area contributed by atoms with Crippen LogP contribution in [0.1, 0.15) is 42.8 Å². The molecule has 0 radical (unpaired) electrons. The Kier molecular flexibility index (Phi) is 4.16. The van der Waals surface area contributed by atoms with Crippen LogP contribution >= 0.6 is 0 Å². The monoisotopic (exact) mass is 262 g/mol. The fraction of sp³-hybridized carbons (Fsp3) is 0.429. The molecule has 2 aromatic rings. The predicted molar refractivity (Wildman–Crippen MR) is 69.8 cm³/mol. The SMILES string of the molecule is CCc1nc(COc2ccc([C@H](C)O)cc2C)no1. The van der Waals surface area contributed by atoms with Gasteiger partial charge in [0.15, 0.2) is 6.61 Å². The molecule has 1 N–H and O–H groups in total. The van der Waals surface area contributed by atoms with Crippen molar-refractivity contribution in [1.82, 2.24) is 10.1 Å². The summed E-state index contributed by atoms with van der Waals surface area (Å²) in [5.41, 5.74) is 1.84. The van der Waals surface area contributed by atoms with E-state index in [9.17, 15) is 5.11 Å². The number of benzene rings is 1. The third kappa shape index (κ3) is 3.32. The predicted octanol–water partition coefficient (Wildman–Crippen LogP) is 2.57. The van der Waals surface area contributed by atoms with Crippen LogP contribution in [0.25, 0.3) is 0 Å². The van der Waals surface area contributed by atoms with Crippen molar-refractivity contribution in [2.24, 2.45) is 0 Å². The molecule has 0 saturated heterocycles. The molecule has 0 aliphatic rings. The van der Waals surface area contributed by atoms with Gasteiger partial charge in [-0.1, -0.05) is 18.1 Å². The smallest absolute Gasteiger partial charge is 0.226 e. The van der Waals surface area contributed by atoms with Gasteiger partial charge in [0.2, 0.25) is 11.7 Å². The summed E-state index contributed by atoms with van der Waals surface area (Å²) in [6.45, 7) is 5.91. The molecular weight excluding hydrogens is 244 g/mol. The molecule has 0 aliphatic heterocycles. The Bertz CT molecular complexity index is 549. The molecule has 5 heteroatoms. The van der Waals surface area contributed by atoms with Crippen molar-refractivity contribution >= 4 is 0 Å². The highest BCUT2D eigenvalue weighted by molar-refractivity contribution is 5.36. The molecule has 5 nitrogen and oxygen atoms in total. The minimum atomic E-state index is -0.475. The lowest BCUT2D eigenvalue weighted by Gasteiger charge is -2.10. The topological polar surface area (TPSA) is 68.4 Å². The Morgan fingerprint density at radius 1 is 1.42 bits per heavy atom. The normalized spacial score (nSPS) is 12.4. The first-order chi connectivity index (χ1) is 9.10. The molecule has 0 spiro atoms. The second-order valence-electron chi connectivity index (χ2n) is 4.45. The molecule has 1 heterocycles. The zero-order valence-electron chi connectivity index (χ0n) is 11.4. The van der Waals surface area contributed by atoms with Crippen LogP contribution in [0.15, 0.2) is 22.7 Å². The number of nitrogens with zero attached hydrogens (tertiary/aromatic N) is 2. The fourth-order valence-corrected chi connectivity index (χ4v) is 1.73. The lowest BCUT2D eigenvalue weighted by atomic mass is 10.1. The second-order valence-corrected chi connectivity index (χ2v) is 4.45. The van der Waals surface area contributed by atoms with Gasteiger partial charge in [-0.15, -0.1) is 0 Å². The zero-order valence-corrected chi connectivity index (χ0v) is 11.4. The molecule has 0 unspecified atom stereocenters. The van der Waals surface area contributed by atoms with Crippen molar-refractivity contribution in [3.63, 3.8) is 0 Å². The van der Waals surface area contributed by atoms with Gasteiger partial charge in [-0.25, -0.2) is 0 Å². The van der Waals surface area contributed by atoms with Gasteiger partial charge in [0.25, 0.3) is 0 Å². The van der Waals surface area contributed by atoms with Crippen LogP contribution < -0.4 is 4.74 Å². The summed E-state index contributed by atoms with van der Waals surface area (Å²) >= 11 is 0. The van der Waals surface area contributed by atoms with Gasteiger partial charge in [0.05, 0.1) is 6.10 Å². The van der Waals surface area contributed by atoms with Crippen molar-refractivity contribution in [3.8, 4) is 5.75 Å². The van der Waals surface area contributed by atoms with Crippen LogP contribution in [0.2, 0.25) is 0 Å². The second kappa shape index (κ2) is 5.84. The van der Waals surface area contributed by atoms with Crippen molar-refractivity contribution in [2.45, 2.75) is 39.9 Å². The molecule has 102 valence electrons. The highest BCUT2D eigenvalue weighted by atomic mass is 16.5. The largest absolute Gasteiger partial charge is 0.485 e. The molecule has 0 aliphatic carbocycles. The van der Waals surface area contributed by atoms with E-state index in [0.29, 0.717) is 11.7 Å². The number of rotatable bonds is 5. The van der Waals surface area contributed by atoms with Crippen molar-refractivity contribution < 1.29 is 14.4 Å². The van der Waals surface area contributed by atoms with Crippen LogP contribution in [0.4, 0.5) is 0 Å². The Morgan fingerprint density at radius 2 is 2.21 bits per heavy atom. The van der Waals surface area contributed by atoms with Crippen LogP contribution in [-0.4, -0.2) is 15.2 Å². The van der Waals surface area contributed by atoms with E-state index in [2.05, 4.69) is 10.1 Å². The lowest BCUT2D eigenvalue weighted by molar-refractivity contribution is 0.199. The summed E-state index contributed by atoms with van der Waals surface area (Å²) < 4.78 is 10.7. The highest BCUT2D eigenvalue weighted by Crippen LogP contribution is 2.23. The summed E-state index contributed by atoms with van der Waals surface area (Å²) in [4.78, 5) is 4.18. The van der Waals surface area contributed by atoms with Crippen LogP contribution in [0, 0.1) is 6.92 Å². The van der Waals surface area contributed by atoms with E-state index in [4.69, 9.17) is 9.26 Å². The van der Waals surface area contributed by atoms with Gasteiger partial charge in [-0.2, -0.15) is 4.98 Å². The van der Waals surface area contributed by atoms with Gasteiger partial charge < -0.3 is 14.4 Å². The maximum Gasteiger partial charge on any atom is 0.226 e. The molecule has 0 bridgehead atoms. The van der Waals surface area contributed by atoms with Crippen molar-refractivity contribution in [3.05, 3.63) is 41.0 Å². The first kappa shape index (κ1) is 13.5. The molecule has 1 aromatic heterocycles. The Hall–Kier alpha value is -1.88. The first-order valence-corrected chi connectivity index (χ1v) is 6.33. The molecule has 2 rings (SSSR count). The van der Waals surface area contributed by atoms with Crippen molar-refractivity contribution in [2.75, 3.05) is 0 Å². The van der Waals surface area contributed by atoms with E-state index < -0.39 is 6.10 Å². The van der Waals surface area contributed by atoms with Gasteiger partial charge >= 0.3 is 0 Å². The molecule has 1 atom stereocenters. The number of aromatic nitrogens is 2. The molecule has 0 amide bonds. The summed E-state index contributed by atoms with van der Waals surface area (Å²) in [5, 5.41) is 13.3. The summed E-state index contributed by atoms with van der Waals surface area (Å²) in [5.74, 6) is 1.91. The maximum atomic E-state index is 9.50. The summed E-state index contributed by atoms with van der Waals surface area (Å²) in [6.07, 6.45) is 0.242. The third-order valence-electron chi connectivity index (χ3n) is 2.85. The van der Waals surface area contributed by atoms with Crippen LogP contribution in [-0.2, 0) is 13.0 Å². The molecular formula is C14H18N2O3. The van der Waals surface area contributed by atoms with E-state index in [1.807, 2.05) is 32.0 Å². The number of hydrogen-bond acceptors (Lipinski definition) is 5. The first-order valence-electron chi connectivity index (χ1n) is 6.33. The fourth-order valence-electron chi connectivity index (χ4n) is 1.73. The molecule has 19 heavy (non-hydrogen) atoms. The van der Waals surface area contributed by atoms with E-state index >= 15 is 0 Å². The zero-order chi connectivity index (χ0) is 13.8. The van der Waals surface area contributed by atoms with E-state index in [0.717, 1.165) is 23.3 Å². The summed E-state index contributed by atoms with van der Waals surface area (Å²) in [6, 6.07) is 5.60. The minimum Gasteiger partial charge on any atom is -0.485 e. The third-order valence-corrected chi connectivity index (χ3v) is 2.85. The Morgan fingerprint density at radius 3 is 2.79 bits per heavy atom. The quantitative estimate of drug-likeness (QED) is 0.896. The number of hydrogen-bond donors (Lipinski definition) is 1. The van der Waals surface area contributed by atoms with E-state index in [1.54, 1.807) is 6.92 Å². The molecule has 1 aromatic carbocycles. The van der Waals surface area contributed by atoms with E-state index in [-0.39, 0.29) is 6.61 Å². The Labute approximate surface area is 112 Å². The van der Waals surface area contributed by atoms with Gasteiger partial charge in [-0.3, -0.25) is 0 Å². The maximum absolute atomic E-state index is 9.50. The molecule has 0 fully saturated rings. The average molecular weight is 262 g/mol. The standard InChI is InChI=1S/C14H18N2O3/c1-4-14-15-13(16-19-14)8-18-12-6-5-11(10(3)17)7-9(12)2/h5-7,10,17H,4,8H2,1-3H3/t10-/m0/s1.